The molecule has 0 radical (unpaired) electrons. The molecule has 0 saturated carbocycles. The third-order valence-electron chi connectivity index (χ3n) is 3.47. The predicted molar refractivity (Wildman–Crippen MR) is 85.1 cm³/mol. The third kappa shape index (κ3) is 4.12. The standard InChI is InChI=1S/C14H22N2O3S2/c1-2-7-15-12-13-5-3-4-6-14(13)21(18,19)16-8-10-20(17)11-9-16/h3-6,15H,2,7-12H2,1H3. The van der Waals surface area contributed by atoms with Crippen LogP contribution in [0.3, 0.4) is 0 Å². The van der Waals surface area contributed by atoms with Crippen molar-refractivity contribution < 1.29 is 12.6 Å². The van der Waals surface area contributed by atoms with Gasteiger partial charge in [-0.1, -0.05) is 25.1 Å². The van der Waals surface area contributed by atoms with Crippen molar-refractivity contribution >= 4 is 20.8 Å². The highest BCUT2D eigenvalue weighted by atomic mass is 32.2. The van der Waals surface area contributed by atoms with E-state index < -0.39 is 20.8 Å². The summed E-state index contributed by atoms with van der Waals surface area (Å²) in [5.41, 5.74) is 0.789. The van der Waals surface area contributed by atoms with Crippen LogP contribution in [-0.2, 0) is 27.4 Å². The van der Waals surface area contributed by atoms with Crippen LogP contribution in [0.1, 0.15) is 18.9 Å². The van der Waals surface area contributed by atoms with Crippen LogP contribution in [0.25, 0.3) is 0 Å². The highest BCUT2D eigenvalue weighted by Gasteiger charge is 2.29. The quantitative estimate of drug-likeness (QED) is 0.788. The second-order valence-corrected chi connectivity index (χ2v) is 8.64. The molecule has 0 spiro atoms. The van der Waals surface area contributed by atoms with Crippen LogP contribution in [0, 0.1) is 0 Å². The van der Waals surface area contributed by atoms with E-state index in [1.54, 1.807) is 12.1 Å². The molecule has 1 fully saturated rings. The summed E-state index contributed by atoms with van der Waals surface area (Å²) in [6.07, 6.45) is 1.01. The van der Waals surface area contributed by atoms with Crippen molar-refractivity contribution in [2.24, 2.45) is 0 Å². The lowest BCUT2D eigenvalue weighted by Gasteiger charge is -2.26. The molecule has 1 heterocycles. The summed E-state index contributed by atoms with van der Waals surface area (Å²) >= 11 is 0. The average molecular weight is 330 g/mol. The molecule has 5 nitrogen and oxygen atoms in total. The zero-order valence-electron chi connectivity index (χ0n) is 12.2. The van der Waals surface area contributed by atoms with E-state index in [-0.39, 0.29) is 0 Å². The van der Waals surface area contributed by atoms with Gasteiger partial charge in [0.2, 0.25) is 10.0 Å². The van der Waals surface area contributed by atoms with Gasteiger partial charge in [0.1, 0.15) is 0 Å². The second kappa shape index (κ2) is 7.49. The summed E-state index contributed by atoms with van der Waals surface area (Å²) in [5.74, 6) is 0.852. The SMILES string of the molecule is CCCNCc1ccccc1S(=O)(=O)N1CCS(=O)CC1. The van der Waals surface area contributed by atoms with Crippen LogP contribution in [0.15, 0.2) is 29.2 Å². The van der Waals surface area contributed by atoms with Gasteiger partial charge < -0.3 is 5.32 Å². The highest BCUT2D eigenvalue weighted by Crippen LogP contribution is 2.21. The summed E-state index contributed by atoms with van der Waals surface area (Å²) in [7, 11) is -4.38. The van der Waals surface area contributed by atoms with Gasteiger partial charge in [-0.15, -0.1) is 0 Å². The molecule has 0 bridgehead atoms. The van der Waals surface area contributed by atoms with Gasteiger partial charge in [-0.05, 0) is 24.6 Å². The fraction of sp³-hybridized carbons (Fsp3) is 0.571. The van der Waals surface area contributed by atoms with Crippen LogP contribution in [0.4, 0.5) is 0 Å². The number of hydrogen-bond donors (Lipinski definition) is 1. The van der Waals surface area contributed by atoms with Crippen LogP contribution in [0.2, 0.25) is 0 Å². The molecule has 2 rings (SSSR count). The van der Waals surface area contributed by atoms with Crippen molar-refractivity contribution in [3.8, 4) is 0 Å². The Kier molecular flexibility index (Phi) is 5.92. The minimum Gasteiger partial charge on any atom is -0.313 e. The van der Waals surface area contributed by atoms with Crippen LogP contribution >= 0.6 is 0 Å². The zero-order chi connectivity index (χ0) is 15.3. The Hall–Kier alpha value is -0.760. The molecule has 0 aromatic heterocycles. The van der Waals surface area contributed by atoms with Crippen LogP contribution < -0.4 is 5.32 Å². The monoisotopic (exact) mass is 330 g/mol. The summed E-state index contributed by atoms with van der Waals surface area (Å²) in [6, 6.07) is 7.10. The first-order valence-electron chi connectivity index (χ1n) is 7.19. The Morgan fingerprint density at radius 3 is 2.57 bits per heavy atom. The molecule has 1 aliphatic heterocycles. The van der Waals surface area contributed by atoms with Gasteiger partial charge in [0.05, 0.1) is 4.90 Å². The summed E-state index contributed by atoms with van der Waals surface area (Å²) < 4.78 is 38.3. The zero-order valence-corrected chi connectivity index (χ0v) is 13.9. The molecule has 1 saturated heterocycles. The lowest BCUT2D eigenvalue weighted by atomic mass is 10.2. The Morgan fingerprint density at radius 2 is 1.90 bits per heavy atom. The number of benzene rings is 1. The van der Waals surface area contributed by atoms with Gasteiger partial charge in [0.15, 0.2) is 0 Å². The van der Waals surface area contributed by atoms with Gasteiger partial charge >= 0.3 is 0 Å². The smallest absolute Gasteiger partial charge is 0.243 e. The van der Waals surface area contributed by atoms with E-state index in [1.807, 2.05) is 12.1 Å². The lowest BCUT2D eigenvalue weighted by molar-refractivity contribution is 0.438. The molecule has 0 aliphatic carbocycles. The average Bonchev–Trinajstić information content (AvgIpc) is 2.48. The Bertz CT molecular complexity index is 592. The molecule has 0 amide bonds. The minimum atomic E-state index is -3.49. The van der Waals surface area contributed by atoms with Gasteiger partial charge in [-0.2, -0.15) is 4.31 Å². The normalized spacial score (nSPS) is 18.0. The number of nitrogens with zero attached hydrogens (tertiary/aromatic N) is 1. The molecule has 1 aromatic rings. The lowest BCUT2D eigenvalue weighted by Crippen LogP contribution is -2.42. The summed E-state index contributed by atoms with van der Waals surface area (Å²) in [4.78, 5) is 0.362. The first-order valence-corrected chi connectivity index (χ1v) is 10.1. The number of sulfonamides is 1. The van der Waals surface area contributed by atoms with E-state index in [4.69, 9.17) is 0 Å². The molecule has 1 aliphatic rings. The van der Waals surface area contributed by atoms with Crippen LogP contribution in [-0.4, -0.2) is 48.1 Å². The molecule has 1 aromatic carbocycles. The Morgan fingerprint density at radius 1 is 1.24 bits per heavy atom. The van der Waals surface area contributed by atoms with Gasteiger partial charge in [-0.3, -0.25) is 4.21 Å². The van der Waals surface area contributed by atoms with Gasteiger partial charge in [-0.25, -0.2) is 8.42 Å². The fourth-order valence-electron chi connectivity index (χ4n) is 2.30. The molecule has 1 N–H and O–H groups in total. The minimum absolute atomic E-state index is 0.339. The van der Waals surface area contributed by atoms with E-state index in [2.05, 4.69) is 12.2 Å². The van der Waals surface area contributed by atoms with Crippen molar-refractivity contribution in [3.63, 3.8) is 0 Å². The largest absolute Gasteiger partial charge is 0.313 e. The van der Waals surface area contributed by atoms with Crippen molar-refractivity contribution in [1.29, 1.82) is 0 Å². The Balaban J connectivity index is 2.21. The van der Waals surface area contributed by atoms with Crippen molar-refractivity contribution in [2.75, 3.05) is 31.1 Å². The summed E-state index contributed by atoms with van der Waals surface area (Å²) in [6.45, 7) is 4.15. The van der Waals surface area contributed by atoms with Crippen LogP contribution in [0.5, 0.6) is 0 Å². The first kappa shape index (κ1) is 16.6. The molecular weight excluding hydrogens is 308 g/mol. The maximum atomic E-state index is 12.7. The van der Waals surface area contributed by atoms with E-state index in [9.17, 15) is 12.6 Å². The highest BCUT2D eigenvalue weighted by molar-refractivity contribution is 7.89. The summed E-state index contributed by atoms with van der Waals surface area (Å²) in [5, 5.41) is 3.24. The number of rotatable bonds is 6. The molecular formula is C14H22N2O3S2. The number of hydrogen-bond acceptors (Lipinski definition) is 4. The molecule has 0 unspecified atom stereocenters. The third-order valence-corrected chi connectivity index (χ3v) is 6.74. The van der Waals surface area contributed by atoms with E-state index in [0.717, 1.165) is 18.5 Å². The fourth-order valence-corrected chi connectivity index (χ4v) is 5.25. The predicted octanol–water partition coefficient (Wildman–Crippen LogP) is 0.939. The number of nitrogens with one attached hydrogen (secondary N) is 1. The van der Waals surface area contributed by atoms with Crippen molar-refractivity contribution in [2.45, 2.75) is 24.8 Å². The van der Waals surface area contributed by atoms with Crippen molar-refractivity contribution in [3.05, 3.63) is 29.8 Å². The Labute approximate surface area is 129 Å². The molecule has 7 heteroatoms. The van der Waals surface area contributed by atoms with Gasteiger partial charge in [0.25, 0.3) is 0 Å². The van der Waals surface area contributed by atoms with Crippen molar-refractivity contribution in [1.82, 2.24) is 9.62 Å². The molecule has 0 atom stereocenters. The second-order valence-electron chi connectivity index (χ2n) is 5.04. The molecule has 21 heavy (non-hydrogen) atoms. The van der Waals surface area contributed by atoms with E-state index in [0.29, 0.717) is 36.0 Å². The van der Waals surface area contributed by atoms with E-state index in [1.165, 1.54) is 4.31 Å². The van der Waals surface area contributed by atoms with E-state index >= 15 is 0 Å². The maximum Gasteiger partial charge on any atom is 0.243 e. The maximum absolute atomic E-state index is 12.7. The molecule has 118 valence electrons. The first-order chi connectivity index (χ1) is 10.1. The van der Waals surface area contributed by atoms with Gasteiger partial charge in [0, 0.05) is 41.9 Å². The topological polar surface area (TPSA) is 66.5 Å².